The second-order valence-electron chi connectivity index (χ2n) is 6.47. The summed E-state index contributed by atoms with van der Waals surface area (Å²) in [4.78, 5) is 12.1. The minimum Gasteiger partial charge on any atom is -0.350 e. The molecule has 26 heavy (non-hydrogen) atoms. The molecular formula is C16H19BrF3N5O. The number of halogens is 4. The van der Waals surface area contributed by atoms with Crippen molar-refractivity contribution < 1.29 is 18.0 Å². The normalized spacial score (nSPS) is 14.7. The number of rotatable bonds is 6. The van der Waals surface area contributed by atoms with Gasteiger partial charge in [-0.25, -0.2) is 0 Å². The lowest BCUT2D eigenvalue weighted by atomic mass is 10.2. The lowest BCUT2D eigenvalue weighted by Crippen LogP contribution is -2.25. The summed E-state index contributed by atoms with van der Waals surface area (Å²) in [7, 11) is 1.79. The molecule has 0 atom stereocenters. The van der Waals surface area contributed by atoms with Crippen LogP contribution in [0, 0.1) is 6.92 Å². The van der Waals surface area contributed by atoms with Gasteiger partial charge in [-0.1, -0.05) is 0 Å². The highest BCUT2D eigenvalue weighted by Crippen LogP contribution is 2.46. The SMILES string of the molecule is Cc1cc(CNC(=O)CCn2nc(C(F)(F)F)c(Br)c2C2CC2)n(C)n1. The van der Waals surface area contributed by atoms with Crippen molar-refractivity contribution in [2.75, 3.05) is 0 Å². The molecule has 0 radical (unpaired) electrons. The Morgan fingerprint density at radius 2 is 2.08 bits per heavy atom. The van der Waals surface area contributed by atoms with Crippen molar-refractivity contribution in [3.8, 4) is 0 Å². The van der Waals surface area contributed by atoms with Crippen molar-refractivity contribution >= 4 is 21.8 Å². The third-order valence-electron chi connectivity index (χ3n) is 4.28. The van der Waals surface area contributed by atoms with Gasteiger partial charge in [0.1, 0.15) is 0 Å². The predicted molar refractivity (Wildman–Crippen MR) is 91.3 cm³/mol. The zero-order valence-electron chi connectivity index (χ0n) is 14.4. The smallest absolute Gasteiger partial charge is 0.350 e. The van der Waals surface area contributed by atoms with Gasteiger partial charge in [0.05, 0.1) is 34.6 Å². The van der Waals surface area contributed by atoms with Crippen LogP contribution in [0.25, 0.3) is 0 Å². The van der Waals surface area contributed by atoms with E-state index in [0.717, 1.165) is 24.2 Å². The Kier molecular flexibility index (Phi) is 5.14. The Morgan fingerprint density at radius 1 is 1.38 bits per heavy atom. The first-order valence-electron chi connectivity index (χ1n) is 8.26. The molecule has 1 amide bonds. The van der Waals surface area contributed by atoms with Gasteiger partial charge >= 0.3 is 6.18 Å². The molecule has 2 aromatic rings. The fourth-order valence-corrected chi connectivity index (χ4v) is 3.70. The number of aromatic nitrogens is 4. The summed E-state index contributed by atoms with van der Waals surface area (Å²) in [5, 5.41) is 10.7. The van der Waals surface area contributed by atoms with E-state index in [2.05, 4.69) is 31.4 Å². The van der Waals surface area contributed by atoms with E-state index in [1.165, 1.54) is 4.68 Å². The van der Waals surface area contributed by atoms with Crippen LogP contribution < -0.4 is 5.32 Å². The molecule has 1 fully saturated rings. The third-order valence-corrected chi connectivity index (χ3v) is 5.06. The van der Waals surface area contributed by atoms with Crippen LogP contribution in [0.2, 0.25) is 0 Å². The Labute approximate surface area is 156 Å². The van der Waals surface area contributed by atoms with Crippen LogP contribution in [0.4, 0.5) is 13.2 Å². The molecule has 1 aliphatic rings. The number of carbonyl (C=O) groups is 1. The number of nitrogens with zero attached hydrogens (tertiary/aromatic N) is 4. The molecule has 1 saturated carbocycles. The first-order chi connectivity index (χ1) is 12.2. The van der Waals surface area contributed by atoms with Gasteiger partial charge in [-0.2, -0.15) is 23.4 Å². The number of amides is 1. The fourth-order valence-electron chi connectivity index (χ4n) is 2.87. The Bertz CT molecular complexity index is 823. The summed E-state index contributed by atoms with van der Waals surface area (Å²) < 4.78 is 42.2. The van der Waals surface area contributed by atoms with E-state index < -0.39 is 11.9 Å². The molecule has 0 aliphatic heterocycles. The standard InChI is InChI=1S/C16H19BrF3N5O/c1-9-7-11(24(2)22-9)8-21-12(26)5-6-25-14(10-3-4-10)13(17)15(23-25)16(18,19)20/h7,10H,3-6,8H2,1-2H3,(H,21,26). The van der Waals surface area contributed by atoms with Crippen LogP contribution in [0.15, 0.2) is 10.5 Å². The molecule has 6 nitrogen and oxygen atoms in total. The van der Waals surface area contributed by atoms with Gasteiger partial charge in [-0.3, -0.25) is 14.2 Å². The topological polar surface area (TPSA) is 64.7 Å². The molecule has 2 aromatic heterocycles. The van der Waals surface area contributed by atoms with E-state index in [4.69, 9.17) is 0 Å². The summed E-state index contributed by atoms with van der Waals surface area (Å²) in [6.45, 7) is 2.29. The second kappa shape index (κ2) is 7.05. The monoisotopic (exact) mass is 433 g/mol. The van der Waals surface area contributed by atoms with Crippen molar-refractivity contribution in [2.45, 2.75) is 51.4 Å². The first-order valence-corrected chi connectivity index (χ1v) is 9.05. The molecule has 2 heterocycles. The number of aryl methyl sites for hydroxylation is 3. The largest absolute Gasteiger partial charge is 0.436 e. The van der Waals surface area contributed by atoms with Crippen LogP contribution >= 0.6 is 15.9 Å². The van der Waals surface area contributed by atoms with E-state index in [0.29, 0.717) is 12.2 Å². The summed E-state index contributed by atoms with van der Waals surface area (Å²) in [6, 6.07) is 1.87. The first kappa shape index (κ1) is 18.9. The van der Waals surface area contributed by atoms with E-state index in [1.54, 1.807) is 11.7 Å². The van der Waals surface area contributed by atoms with Crippen LogP contribution in [-0.4, -0.2) is 25.5 Å². The summed E-state index contributed by atoms with van der Waals surface area (Å²) in [5.74, 6) is -0.167. The number of nitrogens with one attached hydrogen (secondary N) is 1. The van der Waals surface area contributed by atoms with Crippen molar-refractivity contribution in [3.63, 3.8) is 0 Å². The highest BCUT2D eigenvalue weighted by molar-refractivity contribution is 9.10. The summed E-state index contributed by atoms with van der Waals surface area (Å²) >= 11 is 3.04. The number of hydrogen-bond acceptors (Lipinski definition) is 3. The van der Waals surface area contributed by atoms with Gasteiger partial charge in [-0.05, 0) is 41.8 Å². The predicted octanol–water partition coefficient (Wildman–Crippen LogP) is 3.29. The summed E-state index contributed by atoms with van der Waals surface area (Å²) in [5.41, 5.74) is 1.32. The van der Waals surface area contributed by atoms with Crippen molar-refractivity contribution in [1.82, 2.24) is 24.9 Å². The van der Waals surface area contributed by atoms with E-state index in [1.807, 2.05) is 13.0 Å². The van der Waals surface area contributed by atoms with Gasteiger partial charge in [0.15, 0.2) is 5.69 Å². The maximum Gasteiger partial charge on any atom is 0.436 e. The molecule has 0 aromatic carbocycles. The Morgan fingerprint density at radius 3 is 2.62 bits per heavy atom. The average Bonchev–Trinajstić information content (AvgIpc) is 3.23. The highest BCUT2D eigenvalue weighted by atomic mass is 79.9. The number of carbonyl (C=O) groups excluding carboxylic acids is 1. The lowest BCUT2D eigenvalue weighted by Gasteiger charge is -2.08. The Hall–Kier alpha value is -1.84. The van der Waals surface area contributed by atoms with E-state index >= 15 is 0 Å². The van der Waals surface area contributed by atoms with Gasteiger partial charge in [-0.15, -0.1) is 0 Å². The molecule has 0 spiro atoms. The maximum atomic E-state index is 13.1. The molecule has 10 heteroatoms. The lowest BCUT2D eigenvalue weighted by molar-refractivity contribution is -0.142. The van der Waals surface area contributed by atoms with Gasteiger partial charge in [0.2, 0.25) is 5.91 Å². The molecule has 1 aliphatic carbocycles. The average molecular weight is 434 g/mol. The van der Waals surface area contributed by atoms with Gasteiger partial charge in [0, 0.05) is 19.4 Å². The molecule has 0 unspecified atom stereocenters. The molecule has 0 bridgehead atoms. The zero-order chi connectivity index (χ0) is 19.1. The zero-order valence-corrected chi connectivity index (χ0v) is 16.0. The number of hydrogen-bond donors (Lipinski definition) is 1. The minimum absolute atomic E-state index is 0.00160. The van der Waals surface area contributed by atoms with Crippen LogP contribution in [0.5, 0.6) is 0 Å². The Balaban J connectivity index is 1.64. The van der Waals surface area contributed by atoms with Crippen molar-refractivity contribution in [3.05, 3.63) is 33.3 Å². The van der Waals surface area contributed by atoms with Crippen LogP contribution in [0.1, 0.15) is 48.0 Å². The van der Waals surface area contributed by atoms with Gasteiger partial charge in [0.25, 0.3) is 0 Å². The van der Waals surface area contributed by atoms with Crippen LogP contribution in [0.3, 0.4) is 0 Å². The van der Waals surface area contributed by atoms with Crippen LogP contribution in [-0.2, 0) is 31.1 Å². The van der Waals surface area contributed by atoms with Crippen molar-refractivity contribution in [2.24, 2.45) is 7.05 Å². The molecule has 3 rings (SSSR count). The van der Waals surface area contributed by atoms with E-state index in [-0.39, 0.29) is 29.3 Å². The summed E-state index contributed by atoms with van der Waals surface area (Å²) in [6.07, 6.45) is -2.78. The quantitative estimate of drug-likeness (QED) is 0.759. The maximum absolute atomic E-state index is 13.1. The van der Waals surface area contributed by atoms with Gasteiger partial charge < -0.3 is 5.32 Å². The third kappa shape index (κ3) is 4.11. The molecule has 142 valence electrons. The molecular weight excluding hydrogens is 415 g/mol. The van der Waals surface area contributed by atoms with Crippen molar-refractivity contribution in [1.29, 1.82) is 0 Å². The molecule has 0 saturated heterocycles. The highest BCUT2D eigenvalue weighted by Gasteiger charge is 2.41. The fraction of sp³-hybridized carbons (Fsp3) is 0.562. The van der Waals surface area contributed by atoms with E-state index in [9.17, 15) is 18.0 Å². The minimum atomic E-state index is -4.52. The second-order valence-corrected chi connectivity index (χ2v) is 7.26. The molecule has 1 N–H and O–H groups in total. The number of alkyl halides is 3.